The normalized spacial score (nSPS) is 16.2. The van der Waals surface area contributed by atoms with Crippen LogP contribution in [0.4, 0.5) is 0 Å². The van der Waals surface area contributed by atoms with Crippen molar-refractivity contribution in [2.75, 3.05) is 52.1 Å². The molecule has 3 rings (SSSR count). The van der Waals surface area contributed by atoms with Crippen LogP contribution in [0, 0.1) is 0 Å². The topological polar surface area (TPSA) is 79.0 Å². The van der Waals surface area contributed by atoms with Gasteiger partial charge in [-0.3, -0.25) is 9.69 Å². The minimum absolute atomic E-state index is 0.157. The van der Waals surface area contributed by atoms with Gasteiger partial charge >= 0.3 is 0 Å². The van der Waals surface area contributed by atoms with Crippen LogP contribution in [0.2, 0.25) is 0 Å². The van der Waals surface area contributed by atoms with Crippen LogP contribution in [0.3, 0.4) is 0 Å². The number of hydrogen-bond donors (Lipinski definition) is 1. The lowest BCUT2D eigenvalue weighted by Crippen LogP contribution is -2.49. The Labute approximate surface area is 166 Å². The number of rotatable bonds is 7. The zero-order chi connectivity index (χ0) is 20.1. The van der Waals surface area contributed by atoms with Crippen molar-refractivity contribution in [2.24, 2.45) is 0 Å². The molecule has 0 atom stereocenters. The van der Waals surface area contributed by atoms with Gasteiger partial charge in [-0.1, -0.05) is 30.3 Å². The van der Waals surface area contributed by atoms with Gasteiger partial charge in [-0.2, -0.15) is 4.31 Å². The Morgan fingerprint density at radius 1 is 1.11 bits per heavy atom. The molecule has 0 bridgehead atoms. The maximum atomic E-state index is 12.9. The summed E-state index contributed by atoms with van der Waals surface area (Å²) in [6.07, 6.45) is 1.24. The molecule has 0 aliphatic carbocycles. The second kappa shape index (κ2) is 8.89. The first-order valence-corrected chi connectivity index (χ1v) is 11.3. The molecule has 1 N–H and O–H groups in total. The van der Waals surface area contributed by atoms with Crippen molar-refractivity contribution in [1.29, 1.82) is 0 Å². The molecule has 1 aliphatic heterocycles. The highest BCUT2D eigenvalue weighted by Crippen LogP contribution is 2.28. The molecule has 0 spiro atoms. The molecule has 2 aromatic rings. The zero-order valence-corrected chi connectivity index (χ0v) is 17.2. The van der Waals surface area contributed by atoms with Crippen LogP contribution in [0.5, 0.6) is 5.75 Å². The first-order chi connectivity index (χ1) is 13.4. The van der Waals surface area contributed by atoms with Gasteiger partial charge in [0.25, 0.3) is 5.91 Å². The Balaban J connectivity index is 1.62. The minimum Gasteiger partial charge on any atom is -0.493 e. The number of amides is 1. The monoisotopic (exact) mass is 405 g/mol. The van der Waals surface area contributed by atoms with Gasteiger partial charge in [-0.15, -0.1) is 0 Å². The Bertz CT molecular complexity index is 938. The molecule has 8 heteroatoms. The quantitative estimate of drug-likeness (QED) is 0.756. The Kier molecular flexibility index (Phi) is 6.53. The molecule has 152 valence electrons. The van der Waals surface area contributed by atoms with E-state index in [0.29, 0.717) is 57.2 Å². The number of carbonyl (C=O) groups excluding carboxylic acids is 1. The lowest BCUT2D eigenvalue weighted by atomic mass is 10.0. The van der Waals surface area contributed by atoms with Crippen molar-refractivity contribution in [3.8, 4) is 5.75 Å². The fourth-order valence-electron chi connectivity index (χ4n) is 3.46. The molecule has 1 heterocycles. The lowest BCUT2D eigenvalue weighted by molar-refractivity contribution is 0.0943. The lowest BCUT2D eigenvalue weighted by Gasteiger charge is -2.33. The third kappa shape index (κ3) is 4.81. The van der Waals surface area contributed by atoms with E-state index in [1.807, 2.05) is 43.3 Å². The largest absolute Gasteiger partial charge is 0.493 e. The van der Waals surface area contributed by atoms with Crippen molar-refractivity contribution >= 4 is 26.7 Å². The summed E-state index contributed by atoms with van der Waals surface area (Å²) in [5.41, 5.74) is 0.557. The second-order valence-electron chi connectivity index (χ2n) is 6.85. The number of piperazine rings is 1. The van der Waals surface area contributed by atoms with E-state index in [0.717, 1.165) is 10.8 Å². The van der Waals surface area contributed by atoms with Gasteiger partial charge in [0.2, 0.25) is 10.0 Å². The molecular weight excluding hydrogens is 378 g/mol. The highest BCUT2D eigenvalue weighted by atomic mass is 32.2. The molecule has 28 heavy (non-hydrogen) atoms. The summed E-state index contributed by atoms with van der Waals surface area (Å²) in [5.74, 6) is 0.426. The van der Waals surface area contributed by atoms with E-state index in [1.165, 1.54) is 10.6 Å². The smallest absolute Gasteiger partial charge is 0.255 e. The first kappa shape index (κ1) is 20.6. The molecule has 0 radical (unpaired) electrons. The van der Waals surface area contributed by atoms with Crippen molar-refractivity contribution < 1.29 is 17.9 Å². The first-order valence-electron chi connectivity index (χ1n) is 9.50. The summed E-state index contributed by atoms with van der Waals surface area (Å²) in [7, 11) is -3.13. The van der Waals surface area contributed by atoms with Gasteiger partial charge in [0.05, 0.1) is 18.4 Å². The van der Waals surface area contributed by atoms with Crippen LogP contribution < -0.4 is 10.1 Å². The number of sulfonamides is 1. The van der Waals surface area contributed by atoms with Crippen LogP contribution in [0.15, 0.2) is 36.4 Å². The van der Waals surface area contributed by atoms with Crippen LogP contribution in [-0.2, 0) is 10.0 Å². The predicted octanol–water partition coefficient (Wildman–Crippen LogP) is 1.55. The summed E-state index contributed by atoms with van der Waals surface area (Å²) in [6.45, 7) is 5.87. The number of fused-ring (bicyclic) bond motifs is 1. The second-order valence-corrected chi connectivity index (χ2v) is 8.83. The Hall–Kier alpha value is -2.16. The van der Waals surface area contributed by atoms with Crippen LogP contribution in [0.25, 0.3) is 10.8 Å². The molecule has 1 fully saturated rings. The van der Waals surface area contributed by atoms with E-state index in [1.54, 1.807) is 0 Å². The van der Waals surface area contributed by atoms with Crippen molar-refractivity contribution in [3.05, 3.63) is 42.0 Å². The van der Waals surface area contributed by atoms with E-state index in [-0.39, 0.29) is 5.91 Å². The maximum absolute atomic E-state index is 12.9. The minimum atomic E-state index is -3.13. The maximum Gasteiger partial charge on any atom is 0.255 e. The fraction of sp³-hybridized carbons (Fsp3) is 0.450. The van der Waals surface area contributed by atoms with Crippen molar-refractivity contribution in [3.63, 3.8) is 0 Å². The molecule has 0 unspecified atom stereocenters. The summed E-state index contributed by atoms with van der Waals surface area (Å²) < 4.78 is 30.3. The van der Waals surface area contributed by atoms with E-state index < -0.39 is 10.0 Å². The average Bonchev–Trinajstić information content (AvgIpc) is 2.67. The highest BCUT2D eigenvalue weighted by Gasteiger charge is 2.23. The van der Waals surface area contributed by atoms with E-state index in [9.17, 15) is 13.2 Å². The van der Waals surface area contributed by atoms with Gasteiger partial charge in [0, 0.05) is 39.3 Å². The van der Waals surface area contributed by atoms with Crippen molar-refractivity contribution in [1.82, 2.24) is 14.5 Å². The Morgan fingerprint density at radius 3 is 2.50 bits per heavy atom. The average molecular weight is 406 g/mol. The highest BCUT2D eigenvalue weighted by molar-refractivity contribution is 7.88. The summed E-state index contributed by atoms with van der Waals surface area (Å²) in [4.78, 5) is 15.0. The molecule has 7 nitrogen and oxygen atoms in total. The Morgan fingerprint density at radius 2 is 1.82 bits per heavy atom. The SMILES string of the molecule is CCOc1ccc2ccccc2c1C(=O)NCCN1CCN(S(C)(=O)=O)CC1. The summed E-state index contributed by atoms with van der Waals surface area (Å²) in [5, 5.41) is 4.85. The standard InChI is InChI=1S/C20H27N3O4S/c1-3-27-18-9-8-16-6-4-5-7-17(16)19(18)20(24)21-10-11-22-12-14-23(15-13-22)28(2,25)26/h4-9H,3,10-15H2,1-2H3,(H,21,24). The number of nitrogens with zero attached hydrogens (tertiary/aromatic N) is 2. The number of ether oxygens (including phenoxy) is 1. The van der Waals surface area contributed by atoms with Gasteiger partial charge in [0.1, 0.15) is 5.75 Å². The van der Waals surface area contributed by atoms with Crippen molar-refractivity contribution in [2.45, 2.75) is 6.92 Å². The fourth-order valence-corrected chi connectivity index (χ4v) is 4.29. The molecular formula is C20H27N3O4S. The van der Waals surface area contributed by atoms with E-state index in [4.69, 9.17) is 4.74 Å². The summed E-state index contributed by atoms with van der Waals surface area (Å²) >= 11 is 0. The number of hydrogen-bond acceptors (Lipinski definition) is 5. The molecule has 1 amide bonds. The third-order valence-electron chi connectivity index (χ3n) is 4.93. The summed E-state index contributed by atoms with van der Waals surface area (Å²) in [6, 6.07) is 11.6. The van der Waals surface area contributed by atoms with E-state index in [2.05, 4.69) is 10.2 Å². The van der Waals surface area contributed by atoms with Gasteiger partial charge in [0.15, 0.2) is 0 Å². The van der Waals surface area contributed by atoms with Crippen LogP contribution in [0.1, 0.15) is 17.3 Å². The number of nitrogens with one attached hydrogen (secondary N) is 1. The number of benzene rings is 2. The van der Waals surface area contributed by atoms with Gasteiger partial charge in [-0.05, 0) is 23.8 Å². The van der Waals surface area contributed by atoms with Crippen LogP contribution in [-0.4, -0.2) is 75.7 Å². The van der Waals surface area contributed by atoms with Crippen LogP contribution >= 0.6 is 0 Å². The number of carbonyl (C=O) groups is 1. The molecule has 1 saturated heterocycles. The predicted molar refractivity (Wildman–Crippen MR) is 110 cm³/mol. The zero-order valence-electron chi connectivity index (χ0n) is 16.3. The molecule has 2 aromatic carbocycles. The molecule has 0 aromatic heterocycles. The third-order valence-corrected chi connectivity index (χ3v) is 6.23. The molecule has 0 saturated carbocycles. The van der Waals surface area contributed by atoms with E-state index >= 15 is 0 Å². The van der Waals surface area contributed by atoms with Gasteiger partial charge < -0.3 is 10.1 Å². The van der Waals surface area contributed by atoms with Gasteiger partial charge in [-0.25, -0.2) is 8.42 Å². The molecule has 1 aliphatic rings.